The van der Waals surface area contributed by atoms with E-state index >= 15 is 0 Å². The number of nitrogens with zero attached hydrogens (tertiary/aromatic N) is 3. The number of carbonyl (C=O) groups excluding carboxylic acids is 1. The van der Waals surface area contributed by atoms with Crippen molar-refractivity contribution in [3.63, 3.8) is 0 Å². The first-order valence-corrected chi connectivity index (χ1v) is 7.74. The summed E-state index contributed by atoms with van der Waals surface area (Å²) in [6.45, 7) is 9.68. The molecule has 0 bridgehead atoms. The molecular formula is C14H20N4O2S. The van der Waals surface area contributed by atoms with E-state index in [1.165, 1.54) is 0 Å². The molecule has 114 valence electrons. The molecule has 1 unspecified atom stereocenters. The number of thiazole rings is 1. The topological polar surface area (TPSA) is 80.9 Å². The highest BCUT2D eigenvalue weighted by molar-refractivity contribution is 7.11. The predicted octanol–water partition coefficient (Wildman–Crippen LogP) is 2.69. The molecule has 0 saturated carbocycles. The van der Waals surface area contributed by atoms with Gasteiger partial charge in [-0.3, -0.25) is 4.79 Å². The van der Waals surface area contributed by atoms with Crippen LogP contribution in [0.4, 0.5) is 0 Å². The number of aromatic nitrogens is 3. The Bertz CT molecular complexity index is 633. The molecular weight excluding hydrogens is 288 g/mol. The monoisotopic (exact) mass is 308 g/mol. The lowest BCUT2D eigenvalue weighted by atomic mass is 10.2. The molecule has 1 atom stereocenters. The minimum atomic E-state index is -0.299. The summed E-state index contributed by atoms with van der Waals surface area (Å²) in [7, 11) is 0. The minimum Gasteiger partial charge on any atom is -0.344 e. The molecule has 0 aliphatic carbocycles. The number of rotatable bonds is 5. The lowest BCUT2D eigenvalue weighted by Gasteiger charge is -2.09. The van der Waals surface area contributed by atoms with Crippen LogP contribution in [0, 0.1) is 13.8 Å². The van der Waals surface area contributed by atoms with E-state index in [1.807, 2.05) is 34.6 Å². The molecule has 6 nitrogen and oxygen atoms in total. The summed E-state index contributed by atoms with van der Waals surface area (Å²) in [5.41, 5.74) is 0.917. The van der Waals surface area contributed by atoms with Crippen molar-refractivity contribution >= 4 is 17.2 Å². The van der Waals surface area contributed by atoms with Crippen LogP contribution in [0.3, 0.4) is 0 Å². The third-order valence-electron chi connectivity index (χ3n) is 3.04. The average Bonchev–Trinajstić information content (AvgIpc) is 2.97. The Morgan fingerprint density at radius 1 is 1.29 bits per heavy atom. The number of aryl methyl sites for hydroxylation is 2. The van der Waals surface area contributed by atoms with Crippen molar-refractivity contribution in [3.8, 4) is 0 Å². The summed E-state index contributed by atoms with van der Waals surface area (Å²) in [4.78, 5) is 21.7. The highest BCUT2D eigenvalue weighted by atomic mass is 32.1. The second-order valence-corrected chi connectivity index (χ2v) is 6.64. The summed E-state index contributed by atoms with van der Waals surface area (Å²) in [5.74, 6) is 1.22. The van der Waals surface area contributed by atoms with Gasteiger partial charge in [-0.25, -0.2) is 4.98 Å². The van der Waals surface area contributed by atoms with Crippen LogP contribution in [0.25, 0.3) is 0 Å². The molecule has 0 aliphatic heterocycles. The summed E-state index contributed by atoms with van der Waals surface area (Å²) in [6, 6.07) is -0.299. The molecule has 21 heavy (non-hydrogen) atoms. The van der Waals surface area contributed by atoms with Crippen LogP contribution in [0.1, 0.15) is 60.0 Å². The van der Waals surface area contributed by atoms with Gasteiger partial charge < -0.3 is 9.84 Å². The fourth-order valence-corrected chi connectivity index (χ4v) is 2.83. The van der Waals surface area contributed by atoms with Gasteiger partial charge >= 0.3 is 0 Å². The molecule has 0 fully saturated rings. The standard InChI is InChI=1S/C14H20N4O2S/c1-7(2)13-17-14(20-18-13)9(4)16-12(19)6-11-8(3)15-10(5)21-11/h7,9H,6H2,1-5H3,(H,16,19). The smallest absolute Gasteiger partial charge is 0.248 e. The van der Waals surface area contributed by atoms with Gasteiger partial charge in [0.25, 0.3) is 0 Å². The predicted molar refractivity (Wildman–Crippen MR) is 80.2 cm³/mol. The molecule has 0 radical (unpaired) electrons. The lowest BCUT2D eigenvalue weighted by Crippen LogP contribution is -2.28. The maximum Gasteiger partial charge on any atom is 0.248 e. The minimum absolute atomic E-state index is 0.0708. The van der Waals surface area contributed by atoms with Gasteiger partial charge in [0.15, 0.2) is 5.82 Å². The van der Waals surface area contributed by atoms with Gasteiger partial charge in [0.05, 0.1) is 17.1 Å². The highest BCUT2D eigenvalue weighted by Gasteiger charge is 2.19. The molecule has 2 aromatic heterocycles. The van der Waals surface area contributed by atoms with E-state index in [1.54, 1.807) is 11.3 Å². The third kappa shape index (κ3) is 3.87. The maximum atomic E-state index is 12.1. The molecule has 0 aromatic carbocycles. The van der Waals surface area contributed by atoms with Crippen LogP contribution in [0.15, 0.2) is 4.52 Å². The molecule has 2 aromatic rings. The lowest BCUT2D eigenvalue weighted by molar-refractivity contribution is -0.121. The van der Waals surface area contributed by atoms with Crippen molar-refractivity contribution in [2.45, 2.75) is 53.0 Å². The molecule has 0 aliphatic rings. The maximum absolute atomic E-state index is 12.1. The van der Waals surface area contributed by atoms with Crippen molar-refractivity contribution < 1.29 is 9.32 Å². The second kappa shape index (κ2) is 6.34. The Kier molecular flexibility index (Phi) is 4.72. The molecule has 0 saturated heterocycles. The summed E-state index contributed by atoms with van der Waals surface area (Å²) < 4.78 is 5.18. The van der Waals surface area contributed by atoms with Crippen LogP contribution < -0.4 is 5.32 Å². The number of nitrogens with one attached hydrogen (secondary N) is 1. The Morgan fingerprint density at radius 3 is 2.52 bits per heavy atom. The van der Waals surface area contributed by atoms with Crippen molar-refractivity contribution in [1.29, 1.82) is 0 Å². The largest absolute Gasteiger partial charge is 0.344 e. The Hall–Kier alpha value is -1.76. The average molecular weight is 308 g/mol. The van der Waals surface area contributed by atoms with Crippen LogP contribution in [0.2, 0.25) is 0 Å². The van der Waals surface area contributed by atoms with E-state index < -0.39 is 0 Å². The van der Waals surface area contributed by atoms with Crippen LogP contribution in [-0.2, 0) is 11.2 Å². The van der Waals surface area contributed by atoms with E-state index in [2.05, 4.69) is 20.4 Å². The van der Waals surface area contributed by atoms with E-state index in [0.717, 1.165) is 15.6 Å². The van der Waals surface area contributed by atoms with E-state index in [0.29, 0.717) is 18.1 Å². The summed E-state index contributed by atoms with van der Waals surface area (Å²) in [6.07, 6.45) is 0.326. The zero-order chi connectivity index (χ0) is 15.6. The SMILES string of the molecule is Cc1nc(C)c(CC(=O)NC(C)c2nc(C(C)C)no2)s1. The van der Waals surface area contributed by atoms with Gasteiger partial charge in [0.2, 0.25) is 11.8 Å². The summed E-state index contributed by atoms with van der Waals surface area (Å²) >= 11 is 1.55. The van der Waals surface area contributed by atoms with E-state index in [-0.39, 0.29) is 17.9 Å². The Labute approximate surface area is 128 Å². The van der Waals surface area contributed by atoms with Gasteiger partial charge in [-0.2, -0.15) is 4.98 Å². The zero-order valence-corrected chi connectivity index (χ0v) is 13.7. The van der Waals surface area contributed by atoms with Crippen LogP contribution in [-0.4, -0.2) is 21.0 Å². The fourth-order valence-electron chi connectivity index (χ4n) is 1.90. The first-order chi connectivity index (χ1) is 9.86. The van der Waals surface area contributed by atoms with Crippen LogP contribution >= 0.6 is 11.3 Å². The van der Waals surface area contributed by atoms with Crippen LogP contribution in [0.5, 0.6) is 0 Å². The van der Waals surface area contributed by atoms with Gasteiger partial charge in [0.1, 0.15) is 6.04 Å². The number of amides is 1. The number of hydrogen-bond donors (Lipinski definition) is 1. The normalized spacial score (nSPS) is 12.7. The Balaban J connectivity index is 1.96. The third-order valence-corrected chi connectivity index (χ3v) is 4.12. The van der Waals surface area contributed by atoms with Crippen molar-refractivity contribution in [3.05, 3.63) is 27.3 Å². The second-order valence-electron chi connectivity index (χ2n) is 5.35. The molecule has 1 N–H and O–H groups in total. The fraction of sp³-hybridized carbons (Fsp3) is 0.571. The van der Waals surface area contributed by atoms with Crippen molar-refractivity contribution in [2.75, 3.05) is 0 Å². The molecule has 1 amide bonds. The first-order valence-electron chi connectivity index (χ1n) is 6.92. The Morgan fingerprint density at radius 2 is 2.00 bits per heavy atom. The zero-order valence-electron chi connectivity index (χ0n) is 12.9. The van der Waals surface area contributed by atoms with E-state index in [4.69, 9.17) is 4.52 Å². The van der Waals surface area contributed by atoms with Gasteiger partial charge in [-0.1, -0.05) is 19.0 Å². The van der Waals surface area contributed by atoms with Gasteiger partial charge in [-0.15, -0.1) is 11.3 Å². The van der Waals surface area contributed by atoms with Crippen molar-refractivity contribution in [1.82, 2.24) is 20.4 Å². The highest BCUT2D eigenvalue weighted by Crippen LogP contribution is 2.19. The van der Waals surface area contributed by atoms with E-state index in [9.17, 15) is 4.79 Å². The van der Waals surface area contributed by atoms with Gasteiger partial charge in [-0.05, 0) is 20.8 Å². The molecule has 7 heteroatoms. The number of hydrogen-bond acceptors (Lipinski definition) is 6. The first kappa shape index (κ1) is 15.6. The molecule has 2 rings (SSSR count). The number of carbonyl (C=O) groups is 1. The van der Waals surface area contributed by atoms with Crippen molar-refractivity contribution in [2.24, 2.45) is 0 Å². The quantitative estimate of drug-likeness (QED) is 0.918. The summed E-state index contributed by atoms with van der Waals surface area (Å²) in [5, 5.41) is 7.75. The molecule has 0 spiro atoms. The molecule has 2 heterocycles. The van der Waals surface area contributed by atoms with Gasteiger partial charge in [0, 0.05) is 10.8 Å².